The highest BCUT2D eigenvalue weighted by atomic mass is 16.3. The van der Waals surface area contributed by atoms with E-state index >= 15 is 0 Å². The largest absolute Gasteiger partial charge is 0.393 e. The number of nitrogens with zero attached hydrogens (tertiary/aromatic N) is 1. The minimum Gasteiger partial charge on any atom is -0.393 e. The molecule has 0 radical (unpaired) electrons. The van der Waals surface area contributed by atoms with Gasteiger partial charge in [-0.2, -0.15) is 0 Å². The van der Waals surface area contributed by atoms with E-state index in [2.05, 4.69) is 34.5 Å². The predicted octanol–water partition coefficient (Wildman–Crippen LogP) is 2.93. The van der Waals surface area contributed by atoms with Gasteiger partial charge in [-0.05, 0) is 50.4 Å². The lowest BCUT2D eigenvalue weighted by atomic mass is 10.2. The lowest BCUT2D eigenvalue weighted by molar-refractivity contribution is 0.183. The first-order chi connectivity index (χ1) is 9.75. The third-order valence-corrected chi connectivity index (χ3v) is 3.98. The normalized spacial score (nSPS) is 17.8. The standard InChI is InChI=1S/C17H28N2O/c1-15(20)10-11-18-14-16-6-8-17(9-7-16)19-12-4-2-3-5-13-19/h6-9,15,18,20H,2-5,10-14H2,1H3. The van der Waals surface area contributed by atoms with E-state index in [-0.39, 0.29) is 6.10 Å². The predicted molar refractivity (Wildman–Crippen MR) is 85.1 cm³/mol. The molecule has 1 aromatic rings. The maximum atomic E-state index is 9.21. The Balaban J connectivity index is 1.79. The topological polar surface area (TPSA) is 35.5 Å². The zero-order chi connectivity index (χ0) is 14.2. The molecule has 0 amide bonds. The quantitative estimate of drug-likeness (QED) is 0.784. The Morgan fingerprint density at radius 3 is 2.35 bits per heavy atom. The molecular formula is C17H28N2O. The van der Waals surface area contributed by atoms with Crippen molar-refractivity contribution in [3.05, 3.63) is 29.8 Å². The van der Waals surface area contributed by atoms with Gasteiger partial charge in [-0.15, -0.1) is 0 Å². The van der Waals surface area contributed by atoms with E-state index in [1.807, 2.05) is 6.92 Å². The van der Waals surface area contributed by atoms with Crippen molar-refractivity contribution in [2.45, 2.75) is 51.7 Å². The van der Waals surface area contributed by atoms with E-state index in [4.69, 9.17) is 0 Å². The second-order valence-electron chi connectivity index (χ2n) is 5.88. The average Bonchev–Trinajstić information content (AvgIpc) is 2.73. The van der Waals surface area contributed by atoms with Crippen LogP contribution in [-0.4, -0.2) is 30.8 Å². The zero-order valence-electron chi connectivity index (χ0n) is 12.6. The number of nitrogens with one attached hydrogen (secondary N) is 1. The molecule has 0 bridgehead atoms. The second-order valence-corrected chi connectivity index (χ2v) is 5.88. The Morgan fingerprint density at radius 1 is 1.10 bits per heavy atom. The summed E-state index contributed by atoms with van der Waals surface area (Å²) in [5, 5.41) is 12.6. The average molecular weight is 276 g/mol. The van der Waals surface area contributed by atoms with Crippen LogP contribution >= 0.6 is 0 Å². The number of aliphatic hydroxyl groups excluding tert-OH is 1. The Labute approximate surface area is 123 Å². The molecule has 0 saturated carbocycles. The zero-order valence-corrected chi connectivity index (χ0v) is 12.6. The molecule has 2 rings (SSSR count). The molecule has 1 aliphatic rings. The highest BCUT2D eigenvalue weighted by molar-refractivity contribution is 5.47. The number of anilines is 1. The number of benzene rings is 1. The van der Waals surface area contributed by atoms with Gasteiger partial charge in [0.05, 0.1) is 6.10 Å². The Morgan fingerprint density at radius 2 is 1.75 bits per heavy atom. The molecule has 2 N–H and O–H groups in total. The number of aliphatic hydroxyl groups is 1. The highest BCUT2D eigenvalue weighted by Gasteiger charge is 2.09. The van der Waals surface area contributed by atoms with Gasteiger partial charge in [0.2, 0.25) is 0 Å². The lowest BCUT2D eigenvalue weighted by Crippen LogP contribution is -2.23. The Kier molecular flexibility index (Phi) is 6.34. The third-order valence-electron chi connectivity index (χ3n) is 3.98. The van der Waals surface area contributed by atoms with Crippen LogP contribution in [0.15, 0.2) is 24.3 Å². The first kappa shape index (κ1) is 15.3. The van der Waals surface area contributed by atoms with E-state index in [1.54, 1.807) is 0 Å². The summed E-state index contributed by atoms with van der Waals surface area (Å²) in [5.41, 5.74) is 2.67. The van der Waals surface area contributed by atoms with Crippen molar-refractivity contribution in [2.24, 2.45) is 0 Å². The summed E-state index contributed by atoms with van der Waals surface area (Å²) in [4.78, 5) is 2.51. The highest BCUT2D eigenvalue weighted by Crippen LogP contribution is 2.19. The molecule has 1 heterocycles. The van der Waals surface area contributed by atoms with Crippen molar-refractivity contribution in [2.75, 3.05) is 24.5 Å². The molecule has 112 valence electrons. The van der Waals surface area contributed by atoms with Crippen molar-refractivity contribution < 1.29 is 5.11 Å². The summed E-state index contributed by atoms with van der Waals surface area (Å²) < 4.78 is 0. The molecule has 1 saturated heterocycles. The maximum absolute atomic E-state index is 9.21. The summed E-state index contributed by atoms with van der Waals surface area (Å²) >= 11 is 0. The third kappa shape index (κ3) is 5.14. The van der Waals surface area contributed by atoms with Crippen LogP contribution in [0.5, 0.6) is 0 Å². The van der Waals surface area contributed by atoms with Crippen molar-refractivity contribution in [1.29, 1.82) is 0 Å². The van der Waals surface area contributed by atoms with Gasteiger partial charge in [-0.1, -0.05) is 25.0 Å². The summed E-state index contributed by atoms with van der Waals surface area (Å²) in [6.07, 6.45) is 5.99. The molecule has 1 fully saturated rings. The van der Waals surface area contributed by atoms with Gasteiger partial charge in [0.1, 0.15) is 0 Å². The van der Waals surface area contributed by atoms with Crippen LogP contribution in [0.4, 0.5) is 5.69 Å². The fourth-order valence-corrected chi connectivity index (χ4v) is 2.70. The fraction of sp³-hybridized carbons (Fsp3) is 0.647. The van der Waals surface area contributed by atoms with Crippen LogP contribution in [0.3, 0.4) is 0 Å². The molecule has 3 heteroatoms. The smallest absolute Gasteiger partial charge is 0.0524 e. The molecule has 1 unspecified atom stereocenters. The van der Waals surface area contributed by atoms with Crippen LogP contribution in [0.1, 0.15) is 44.6 Å². The van der Waals surface area contributed by atoms with Crippen LogP contribution in [0.2, 0.25) is 0 Å². The molecule has 0 spiro atoms. The summed E-state index contributed by atoms with van der Waals surface area (Å²) in [7, 11) is 0. The van der Waals surface area contributed by atoms with E-state index in [1.165, 1.54) is 50.0 Å². The number of rotatable bonds is 6. The SMILES string of the molecule is CC(O)CCNCc1ccc(N2CCCCCC2)cc1. The van der Waals surface area contributed by atoms with Gasteiger partial charge >= 0.3 is 0 Å². The van der Waals surface area contributed by atoms with Gasteiger partial charge in [-0.25, -0.2) is 0 Å². The van der Waals surface area contributed by atoms with Gasteiger partial charge in [0.15, 0.2) is 0 Å². The number of hydrogen-bond donors (Lipinski definition) is 2. The first-order valence-electron chi connectivity index (χ1n) is 7.98. The van der Waals surface area contributed by atoms with Crippen molar-refractivity contribution in [1.82, 2.24) is 5.32 Å². The van der Waals surface area contributed by atoms with E-state index in [0.717, 1.165) is 19.5 Å². The van der Waals surface area contributed by atoms with Crippen LogP contribution in [0, 0.1) is 0 Å². The fourth-order valence-electron chi connectivity index (χ4n) is 2.70. The Hall–Kier alpha value is -1.06. The number of hydrogen-bond acceptors (Lipinski definition) is 3. The van der Waals surface area contributed by atoms with Crippen molar-refractivity contribution >= 4 is 5.69 Å². The van der Waals surface area contributed by atoms with Crippen LogP contribution in [-0.2, 0) is 6.54 Å². The second kappa shape index (κ2) is 8.28. The molecule has 1 aliphatic heterocycles. The molecular weight excluding hydrogens is 248 g/mol. The van der Waals surface area contributed by atoms with Crippen molar-refractivity contribution in [3.63, 3.8) is 0 Å². The Bertz CT molecular complexity index is 367. The molecule has 1 atom stereocenters. The molecule has 0 aliphatic carbocycles. The van der Waals surface area contributed by atoms with Gasteiger partial charge in [0, 0.05) is 25.3 Å². The van der Waals surface area contributed by atoms with Crippen LogP contribution < -0.4 is 10.2 Å². The monoisotopic (exact) mass is 276 g/mol. The molecule has 3 nitrogen and oxygen atoms in total. The van der Waals surface area contributed by atoms with Gasteiger partial charge < -0.3 is 15.3 Å². The van der Waals surface area contributed by atoms with Crippen molar-refractivity contribution in [3.8, 4) is 0 Å². The first-order valence-corrected chi connectivity index (χ1v) is 7.98. The minimum atomic E-state index is -0.215. The van der Waals surface area contributed by atoms with E-state index in [9.17, 15) is 5.11 Å². The van der Waals surface area contributed by atoms with Crippen LogP contribution in [0.25, 0.3) is 0 Å². The molecule has 1 aromatic carbocycles. The van der Waals surface area contributed by atoms with E-state index in [0.29, 0.717) is 0 Å². The molecule has 0 aromatic heterocycles. The summed E-state index contributed by atoms with van der Waals surface area (Å²) in [6.45, 7) is 5.98. The minimum absolute atomic E-state index is 0.215. The van der Waals surface area contributed by atoms with E-state index < -0.39 is 0 Å². The van der Waals surface area contributed by atoms with Gasteiger partial charge in [-0.3, -0.25) is 0 Å². The maximum Gasteiger partial charge on any atom is 0.0524 e. The molecule has 20 heavy (non-hydrogen) atoms. The summed E-state index contributed by atoms with van der Waals surface area (Å²) in [5.74, 6) is 0. The van der Waals surface area contributed by atoms with Gasteiger partial charge in [0.25, 0.3) is 0 Å². The lowest BCUT2D eigenvalue weighted by Gasteiger charge is -2.22. The summed E-state index contributed by atoms with van der Waals surface area (Å²) in [6, 6.07) is 8.93.